The summed E-state index contributed by atoms with van der Waals surface area (Å²) < 4.78 is 5.24. The average Bonchev–Trinajstić information content (AvgIpc) is 3.23. The third-order valence-corrected chi connectivity index (χ3v) is 5.58. The quantitative estimate of drug-likeness (QED) is 0.855. The van der Waals surface area contributed by atoms with Crippen molar-refractivity contribution in [3.8, 4) is 0 Å². The third-order valence-electron chi connectivity index (χ3n) is 5.58. The second kappa shape index (κ2) is 6.26. The van der Waals surface area contributed by atoms with Crippen LogP contribution in [0.1, 0.15) is 35.4 Å². The van der Waals surface area contributed by atoms with Crippen LogP contribution >= 0.6 is 0 Å². The number of carbonyl (C=O) groups is 1. The predicted molar refractivity (Wildman–Crippen MR) is 92.6 cm³/mol. The molecule has 2 saturated heterocycles. The summed E-state index contributed by atoms with van der Waals surface area (Å²) in [6.45, 7) is 8.23. The number of pyridine rings is 1. The van der Waals surface area contributed by atoms with Gasteiger partial charge in [-0.2, -0.15) is 0 Å². The summed E-state index contributed by atoms with van der Waals surface area (Å²) >= 11 is 0. The first kappa shape index (κ1) is 16.3. The molecule has 1 amide bonds. The molecule has 4 heterocycles. The van der Waals surface area contributed by atoms with E-state index < -0.39 is 0 Å². The van der Waals surface area contributed by atoms with Crippen molar-refractivity contribution in [2.24, 2.45) is 5.41 Å². The summed E-state index contributed by atoms with van der Waals surface area (Å²) in [7, 11) is 0. The standard InChI is InChI=1S/C19H24N4O2/c1-14-17(15(2)25-21-14)11-23-13-19(8-18(23)24)5-7-22(12-19)10-16-4-3-6-20-9-16/h3-4,6,9H,5,7-8,10-13H2,1-2H3/t19-/m1/s1. The first-order chi connectivity index (χ1) is 12.0. The minimum absolute atomic E-state index is 0.0955. The van der Waals surface area contributed by atoms with E-state index in [1.807, 2.05) is 31.0 Å². The first-order valence-electron chi connectivity index (χ1n) is 8.85. The van der Waals surface area contributed by atoms with Gasteiger partial charge in [-0.25, -0.2) is 0 Å². The molecular formula is C19H24N4O2. The summed E-state index contributed by atoms with van der Waals surface area (Å²) in [5.74, 6) is 1.07. The van der Waals surface area contributed by atoms with Crippen molar-refractivity contribution in [3.63, 3.8) is 0 Å². The van der Waals surface area contributed by atoms with E-state index in [0.29, 0.717) is 13.0 Å². The van der Waals surface area contributed by atoms with Crippen molar-refractivity contribution in [3.05, 3.63) is 47.1 Å². The Hall–Kier alpha value is -2.21. The topological polar surface area (TPSA) is 62.5 Å². The van der Waals surface area contributed by atoms with Crippen LogP contribution in [0.4, 0.5) is 0 Å². The number of nitrogens with zero attached hydrogens (tertiary/aromatic N) is 4. The van der Waals surface area contributed by atoms with Crippen LogP contribution in [0, 0.1) is 19.3 Å². The average molecular weight is 340 g/mol. The van der Waals surface area contributed by atoms with Gasteiger partial charge in [0.15, 0.2) is 0 Å². The fourth-order valence-corrected chi connectivity index (χ4v) is 4.23. The summed E-state index contributed by atoms with van der Waals surface area (Å²) in [5.41, 5.74) is 3.26. The van der Waals surface area contributed by atoms with Crippen LogP contribution in [0.5, 0.6) is 0 Å². The second-order valence-corrected chi connectivity index (χ2v) is 7.55. The molecule has 0 aliphatic carbocycles. The Labute approximate surface area is 147 Å². The van der Waals surface area contributed by atoms with Gasteiger partial charge in [-0.05, 0) is 38.4 Å². The van der Waals surface area contributed by atoms with E-state index in [1.54, 1.807) is 6.20 Å². The molecule has 4 rings (SSSR count). The maximum Gasteiger partial charge on any atom is 0.223 e. The largest absolute Gasteiger partial charge is 0.361 e. The lowest BCUT2D eigenvalue weighted by atomic mass is 9.86. The van der Waals surface area contributed by atoms with E-state index in [0.717, 1.165) is 49.6 Å². The number of hydrogen-bond acceptors (Lipinski definition) is 5. The van der Waals surface area contributed by atoms with Crippen molar-refractivity contribution >= 4 is 5.91 Å². The van der Waals surface area contributed by atoms with Crippen LogP contribution < -0.4 is 0 Å². The van der Waals surface area contributed by atoms with Crippen molar-refractivity contribution in [1.29, 1.82) is 0 Å². The van der Waals surface area contributed by atoms with Gasteiger partial charge in [0.2, 0.25) is 5.91 Å². The normalized spacial score (nSPS) is 23.9. The fourth-order valence-electron chi connectivity index (χ4n) is 4.23. The zero-order valence-electron chi connectivity index (χ0n) is 14.9. The number of hydrogen-bond donors (Lipinski definition) is 0. The van der Waals surface area contributed by atoms with Gasteiger partial charge in [0, 0.05) is 49.4 Å². The van der Waals surface area contributed by atoms with Crippen molar-refractivity contribution in [1.82, 2.24) is 19.9 Å². The van der Waals surface area contributed by atoms with Crippen LogP contribution in [-0.4, -0.2) is 45.5 Å². The number of carbonyl (C=O) groups excluding carboxylic acids is 1. The Morgan fingerprint density at radius 1 is 1.28 bits per heavy atom. The fraction of sp³-hybridized carbons (Fsp3) is 0.526. The summed E-state index contributed by atoms with van der Waals surface area (Å²) in [5, 5.41) is 4.00. The highest BCUT2D eigenvalue weighted by Gasteiger charge is 2.47. The highest BCUT2D eigenvalue weighted by Crippen LogP contribution is 2.41. The number of likely N-dealkylation sites (tertiary alicyclic amines) is 2. The van der Waals surface area contributed by atoms with Gasteiger partial charge in [0.25, 0.3) is 0 Å². The van der Waals surface area contributed by atoms with E-state index in [-0.39, 0.29) is 11.3 Å². The summed E-state index contributed by atoms with van der Waals surface area (Å²) in [4.78, 5) is 21.2. The first-order valence-corrected chi connectivity index (χ1v) is 8.85. The van der Waals surface area contributed by atoms with E-state index in [4.69, 9.17) is 4.52 Å². The Morgan fingerprint density at radius 2 is 2.16 bits per heavy atom. The van der Waals surface area contributed by atoms with Gasteiger partial charge in [-0.15, -0.1) is 0 Å². The van der Waals surface area contributed by atoms with Gasteiger partial charge in [-0.1, -0.05) is 11.2 Å². The SMILES string of the molecule is Cc1noc(C)c1CN1C[C@]2(CCN(Cc3cccnc3)C2)CC1=O. The zero-order chi connectivity index (χ0) is 17.4. The lowest BCUT2D eigenvalue weighted by molar-refractivity contribution is -0.128. The van der Waals surface area contributed by atoms with Crippen LogP contribution in [0.3, 0.4) is 0 Å². The number of aromatic nitrogens is 2. The molecule has 6 nitrogen and oxygen atoms in total. The minimum atomic E-state index is 0.0955. The summed E-state index contributed by atoms with van der Waals surface area (Å²) in [6, 6.07) is 4.09. The molecule has 0 N–H and O–H groups in total. The minimum Gasteiger partial charge on any atom is -0.361 e. The molecule has 2 fully saturated rings. The van der Waals surface area contributed by atoms with Crippen LogP contribution in [0.15, 0.2) is 29.0 Å². The molecular weight excluding hydrogens is 316 g/mol. The van der Waals surface area contributed by atoms with Crippen LogP contribution in [0.2, 0.25) is 0 Å². The number of aryl methyl sites for hydroxylation is 2. The molecule has 1 atom stereocenters. The molecule has 2 aromatic heterocycles. The number of rotatable bonds is 4. The lowest BCUT2D eigenvalue weighted by Crippen LogP contribution is -2.31. The van der Waals surface area contributed by atoms with Gasteiger partial charge < -0.3 is 9.42 Å². The monoisotopic (exact) mass is 340 g/mol. The maximum atomic E-state index is 12.6. The highest BCUT2D eigenvalue weighted by molar-refractivity contribution is 5.79. The van der Waals surface area contributed by atoms with Gasteiger partial charge in [-0.3, -0.25) is 14.7 Å². The molecule has 25 heavy (non-hydrogen) atoms. The van der Waals surface area contributed by atoms with E-state index in [9.17, 15) is 4.79 Å². The molecule has 0 aromatic carbocycles. The predicted octanol–water partition coefficient (Wildman–Crippen LogP) is 2.31. The molecule has 2 aliphatic heterocycles. The molecule has 132 valence electrons. The third kappa shape index (κ3) is 3.18. The Morgan fingerprint density at radius 3 is 2.88 bits per heavy atom. The molecule has 0 radical (unpaired) electrons. The Kier molecular flexibility index (Phi) is 4.07. The Balaban J connectivity index is 1.42. The molecule has 0 bridgehead atoms. The highest BCUT2D eigenvalue weighted by atomic mass is 16.5. The van der Waals surface area contributed by atoms with Crippen molar-refractivity contribution < 1.29 is 9.32 Å². The molecule has 1 spiro atoms. The molecule has 6 heteroatoms. The van der Waals surface area contributed by atoms with E-state index >= 15 is 0 Å². The molecule has 2 aliphatic rings. The van der Waals surface area contributed by atoms with Crippen molar-refractivity contribution in [2.75, 3.05) is 19.6 Å². The maximum absolute atomic E-state index is 12.6. The zero-order valence-corrected chi connectivity index (χ0v) is 14.9. The summed E-state index contributed by atoms with van der Waals surface area (Å²) in [6.07, 6.45) is 5.46. The van der Waals surface area contributed by atoms with Crippen LogP contribution in [0.25, 0.3) is 0 Å². The van der Waals surface area contributed by atoms with Gasteiger partial charge in [0.1, 0.15) is 5.76 Å². The molecule has 0 unspecified atom stereocenters. The van der Waals surface area contributed by atoms with E-state index in [2.05, 4.69) is 21.1 Å². The van der Waals surface area contributed by atoms with Crippen LogP contribution in [-0.2, 0) is 17.9 Å². The van der Waals surface area contributed by atoms with Gasteiger partial charge in [0.05, 0.1) is 12.2 Å². The van der Waals surface area contributed by atoms with E-state index in [1.165, 1.54) is 5.56 Å². The van der Waals surface area contributed by atoms with Crippen molar-refractivity contribution in [2.45, 2.75) is 39.8 Å². The molecule has 2 aromatic rings. The second-order valence-electron chi connectivity index (χ2n) is 7.55. The lowest BCUT2D eigenvalue weighted by Gasteiger charge is -2.24. The Bertz CT molecular complexity index is 753. The molecule has 0 saturated carbocycles. The van der Waals surface area contributed by atoms with Gasteiger partial charge >= 0.3 is 0 Å². The number of amides is 1. The smallest absolute Gasteiger partial charge is 0.223 e.